The number of hydrogen-bond donors (Lipinski definition) is 2. The van der Waals surface area contributed by atoms with E-state index in [2.05, 4.69) is 47.9 Å². The highest BCUT2D eigenvalue weighted by molar-refractivity contribution is 5.74. The van der Waals surface area contributed by atoms with Crippen LogP contribution in [-0.4, -0.2) is 6.03 Å². The van der Waals surface area contributed by atoms with Crippen molar-refractivity contribution in [3.63, 3.8) is 0 Å². The molecule has 2 amide bonds. The molecule has 0 fully saturated rings. The highest BCUT2D eigenvalue weighted by Gasteiger charge is 2.09. The van der Waals surface area contributed by atoms with Crippen molar-refractivity contribution in [2.24, 2.45) is 0 Å². The molecule has 116 valence electrons. The number of hydrogen-bond acceptors (Lipinski definition) is 1. The molecule has 2 N–H and O–H groups in total. The van der Waals surface area contributed by atoms with Gasteiger partial charge >= 0.3 is 6.03 Å². The normalized spacial score (nSPS) is 11.8. The van der Waals surface area contributed by atoms with Crippen LogP contribution >= 0.6 is 0 Å². The third-order valence-electron chi connectivity index (χ3n) is 3.77. The van der Waals surface area contributed by atoms with E-state index in [0.717, 1.165) is 17.5 Å². The van der Waals surface area contributed by atoms with E-state index in [1.165, 1.54) is 11.1 Å². The Bertz CT molecular complexity index is 620. The van der Waals surface area contributed by atoms with Gasteiger partial charge in [-0.15, -0.1) is 0 Å². The van der Waals surface area contributed by atoms with Gasteiger partial charge in [0.25, 0.3) is 0 Å². The summed E-state index contributed by atoms with van der Waals surface area (Å²) in [5.74, 6) is 0. The van der Waals surface area contributed by atoms with Crippen LogP contribution in [-0.2, 0) is 13.0 Å². The number of benzene rings is 2. The standard InChI is InChI=1S/C19H24N2O/c1-4-16-8-10-18(11-9-16)15(3)21-19(22)20-13-17-7-5-6-14(2)12-17/h5-12,15H,4,13H2,1-3H3,(H2,20,21,22). The van der Waals surface area contributed by atoms with E-state index in [4.69, 9.17) is 0 Å². The Hall–Kier alpha value is -2.29. The quantitative estimate of drug-likeness (QED) is 0.856. The van der Waals surface area contributed by atoms with E-state index >= 15 is 0 Å². The Morgan fingerprint density at radius 1 is 1.09 bits per heavy atom. The second kappa shape index (κ2) is 7.64. The summed E-state index contributed by atoms with van der Waals surface area (Å²) in [4.78, 5) is 12.0. The van der Waals surface area contributed by atoms with Gasteiger partial charge in [-0.2, -0.15) is 0 Å². The lowest BCUT2D eigenvalue weighted by Crippen LogP contribution is -2.36. The minimum Gasteiger partial charge on any atom is -0.334 e. The fourth-order valence-corrected chi connectivity index (χ4v) is 2.38. The van der Waals surface area contributed by atoms with Gasteiger partial charge in [0, 0.05) is 6.54 Å². The minimum absolute atomic E-state index is 0.0107. The minimum atomic E-state index is -0.145. The predicted molar refractivity (Wildman–Crippen MR) is 90.8 cm³/mol. The SMILES string of the molecule is CCc1ccc(C(C)NC(=O)NCc2cccc(C)c2)cc1. The molecule has 0 aliphatic heterocycles. The van der Waals surface area contributed by atoms with E-state index in [9.17, 15) is 4.79 Å². The first-order chi connectivity index (χ1) is 10.6. The Labute approximate surface area is 132 Å². The summed E-state index contributed by atoms with van der Waals surface area (Å²) in [6, 6.07) is 16.4. The molecule has 0 aliphatic carbocycles. The maximum absolute atomic E-state index is 12.0. The molecule has 0 aromatic heterocycles. The van der Waals surface area contributed by atoms with Crippen LogP contribution in [0.1, 0.15) is 42.1 Å². The average molecular weight is 296 g/mol. The van der Waals surface area contributed by atoms with Gasteiger partial charge in [-0.3, -0.25) is 0 Å². The van der Waals surface area contributed by atoms with Gasteiger partial charge in [0.1, 0.15) is 0 Å². The molecule has 1 atom stereocenters. The molecule has 0 aliphatic rings. The summed E-state index contributed by atoms with van der Waals surface area (Å²) in [5, 5.41) is 5.87. The largest absolute Gasteiger partial charge is 0.334 e. The van der Waals surface area contributed by atoms with E-state index in [-0.39, 0.29) is 12.1 Å². The molecule has 0 bridgehead atoms. The molecule has 0 saturated heterocycles. The zero-order valence-electron chi connectivity index (χ0n) is 13.5. The molecule has 0 spiro atoms. The smallest absolute Gasteiger partial charge is 0.315 e. The molecular formula is C19H24N2O. The van der Waals surface area contributed by atoms with Gasteiger partial charge in [-0.25, -0.2) is 4.79 Å². The Morgan fingerprint density at radius 2 is 1.82 bits per heavy atom. The topological polar surface area (TPSA) is 41.1 Å². The van der Waals surface area contributed by atoms with E-state index in [0.29, 0.717) is 6.54 Å². The Morgan fingerprint density at radius 3 is 2.45 bits per heavy atom. The van der Waals surface area contributed by atoms with E-state index in [1.54, 1.807) is 0 Å². The van der Waals surface area contributed by atoms with E-state index in [1.807, 2.05) is 32.0 Å². The summed E-state index contributed by atoms with van der Waals surface area (Å²) < 4.78 is 0. The third kappa shape index (κ3) is 4.62. The molecule has 0 saturated carbocycles. The van der Waals surface area contributed by atoms with Crippen LogP contribution in [0, 0.1) is 6.92 Å². The molecule has 0 heterocycles. The Kier molecular flexibility index (Phi) is 5.59. The number of urea groups is 1. The molecule has 2 aromatic rings. The van der Waals surface area contributed by atoms with Gasteiger partial charge in [-0.05, 0) is 37.0 Å². The van der Waals surface area contributed by atoms with Gasteiger partial charge in [0.05, 0.1) is 6.04 Å². The van der Waals surface area contributed by atoms with Crippen molar-refractivity contribution in [2.75, 3.05) is 0 Å². The van der Waals surface area contributed by atoms with Gasteiger partial charge < -0.3 is 10.6 Å². The van der Waals surface area contributed by atoms with Crippen molar-refractivity contribution < 1.29 is 4.79 Å². The number of rotatable bonds is 5. The molecular weight excluding hydrogens is 272 g/mol. The Balaban J connectivity index is 1.85. The summed E-state index contributed by atoms with van der Waals surface area (Å²) in [6.45, 7) is 6.71. The summed E-state index contributed by atoms with van der Waals surface area (Å²) in [6.07, 6.45) is 1.03. The predicted octanol–water partition coefficient (Wildman–Crippen LogP) is 4.12. The first kappa shape index (κ1) is 16.1. The van der Waals surface area contributed by atoms with Crippen LogP contribution in [0.25, 0.3) is 0 Å². The number of carbonyl (C=O) groups is 1. The number of aryl methyl sites for hydroxylation is 2. The molecule has 0 radical (unpaired) electrons. The lowest BCUT2D eigenvalue weighted by atomic mass is 10.1. The highest BCUT2D eigenvalue weighted by Crippen LogP contribution is 2.13. The molecule has 2 rings (SSSR count). The molecule has 1 unspecified atom stereocenters. The van der Waals surface area contributed by atoms with E-state index < -0.39 is 0 Å². The fourth-order valence-electron chi connectivity index (χ4n) is 2.38. The summed E-state index contributed by atoms with van der Waals surface area (Å²) in [7, 11) is 0. The third-order valence-corrected chi connectivity index (χ3v) is 3.77. The second-order valence-corrected chi connectivity index (χ2v) is 5.63. The van der Waals surface area contributed by atoms with Crippen LogP contribution in [0.5, 0.6) is 0 Å². The summed E-state index contributed by atoms with van der Waals surface area (Å²) >= 11 is 0. The zero-order valence-corrected chi connectivity index (χ0v) is 13.5. The zero-order chi connectivity index (χ0) is 15.9. The van der Waals surface area contributed by atoms with Crippen molar-refractivity contribution in [3.05, 3.63) is 70.8 Å². The summed E-state index contributed by atoms with van der Waals surface area (Å²) in [5.41, 5.74) is 4.72. The number of carbonyl (C=O) groups excluding carboxylic acids is 1. The first-order valence-electron chi connectivity index (χ1n) is 7.77. The molecule has 22 heavy (non-hydrogen) atoms. The van der Waals surface area contributed by atoms with Crippen LogP contribution < -0.4 is 10.6 Å². The van der Waals surface area contributed by atoms with Crippen molar-refractivity contribution in [2.45, 2.75) is 39.8 Å². The fraction of sp³-hybridized carbons (Fsp3) is 0.316. The molecule has 2 aromatic carbocycles. The van der Waals surface area contributed by atoms with Gasteiger partial charge in [0.15, 0.2) is 0 Å². The van der Waals surface area contributed by atoms with Crippen molar-refractivity contribution in [1.29, 1.82) is 0 Å². The molecule has 3 nitrogen and oxygen atoms in total. The van der Waals surface area contributed by atoms with Crippen molar-refractivity contribution in [1.82, 2.24) is 10.6 Å². The van der Waals surface area contributed by atoms with Gasteiger partial charge in [-0.1, -0.05) is 61.0 Å². The lowest BCUT2D eigenvalue weighted by molar-refractivity contribution is 0.237. The van der Waals surface area contributed by atoms with Crippen LogP contribution in [0.2, 0.25) is 0 Å². The van der Waals surface area contributed by atoms with Gasteiger partial charge in [0.2, 0.25) is 0 Å². The highest BCUT2D eigenvalue weighted by atomic mass is 16.2. The van der Waals surface area contributed by atoms with Crippen molar-refractivity contribution in [3.8, 4) is 0 Å². The first-order valence-corrected chi connectivity index (χ1v) is 7.77. The maximum Gasteiger partial charge on any atom is 0.315 e. The monoisotopic (exact) mass is 296 g/mol. The van der Waals surface area contributed by atoms with Crippen LogP contribution in [0.3, 0.4) is 0 Å². The van der Waals surface area contributed by atoms with Crippen molar-refractivity contribution >= 4 is 6.03 Å². The lowest BCUT2D eigenvalue weighted by Gasteiger charge is -2.15. The van der Waals surface area contributed by atoms with Crippen LogP contribution in [0.15, 0.2) is 48.5 Å². The molecule has 3 heteroatoms. The van der Waals surface area contributed by atoms with Crippen LogP contribution in [0.4, 0.5) is 4.79 Å². The number of amides is 2. The number of nitrogens with one attached hydrogen (secondary N) is 2. The second-order valence-electron chi connectivity index (χ2n) is 5.63. The maximum atomic E-state index is 12.0. The average Bonchev–Trinajstić information content (AvgIpc) is 2.53.